The lowest BCUT2D eigenvalue weighted by Gasteiger charge is -2.31. The molecule has 1 fully saturated rings. The van der Waals surface area contributed by atoms with Gasteiger partial charge >= 0.3 is 0 Å². The number of aromatic nitrogens is 3. The van der Waals surface area contributed by atoms with Crippen molar-refractivity contribution in [3.8, 4) is 0 Å². The minimum atomic E-state index is -0.475. The molecule has 2 atom stereocenters. The number of rotatable bonds is 6. The zero-order valence-corrected chi connectivity index (χ0v) is 23.2. The van der Waals surface area contributed by atoms with Crippen molar-refractivity contribution in [3.63, 3.8) is 0 Å². The Morgan fingerprint density at radius 2 is 2.08 bits per heavy atom. The van der Waals surface area contributed by atoms with Crippen LogP contribution in [0.1, 0.15) is 69.1 Å². The first-order chi connectivity index (χ1) is 18.7. The molecule has 206 valence electrons. The van der Waals surface area contributed by atoms with Crippen molar-refractivity contribution in [1.29, 1.82) is 0 Å². The van der Waals surface area contributed by atoms with Crippen LogP contribution in [-0.4, -0.2) is 75.8 Å². The molecule has 3 amide bonds. The van der Waals surface area contributed by atoms with Crippen molar-refractivity contribution in [2.45, 2.75) is 53.0 Å². The summed E-state index contributed by atoms with van der Waals surface area (Å²) in [7, 11) is 0. The Bertz CT molecular complexity index is 1390. The number of fused-ring (bicyclic) bond motifs is 1. The van der Waals surface area contributed by atoms with E-state index in [2.05, 4.69) is 26.8 Å². The second-order valence-electron chi connectivity index (χ2n) is 11.0. The van der Waals surface area contributed by atoms with Crippen molar-refractivity contribution < 1.29 is 14.4 Å². The lowest BCUT2D eigenvalue weighted by atomic mass is 9.95. The molecule has 0 aromatic carbocycles. The molecule has 39 heavy (non-hydrogen) atoms. The molecule has 5 heterocycles. The summed E-state index contributed by atoms with van der Waals surface area (Å²) in [5, 5.41) is 11.5. The molecule has 3 aliphatic heterocycles. The largest absolute Gasteiger partial charge is 0.351 e. The molecule has 2 aromatic rings. The molecular formula is C29H37N7O3. The normalized spacial score (nSPS) is 22.0. The number of hydrogen-bond acceptors (Lipinski definition) is 6. The zero-order chi connectivity index (χ0) is 27.7. The van der Waals surface area contributed by atoms with E-state index in [0.717, 1.165) is 37.1 Å². The van der Waals surface area contributed by atoms with Gasteiger partial charge in [-0.15, -0.1) is 0 Å². The fourth-order valence-corrected chi connectivity index (χ4v) is 5.62. The van der Waals surface area contributed by atoms with Gasteiger partial charge in [0.25, 0.3) is 11.8 Å². The number of amides is 3. The predicted octanol–water partition coefficient (Wildman–Crippen LogP) is 2.92. The maximum absolute atomic E-state index is 13.5. The third-order valence-electron chi connectivity index (χ3n) is 7.83. The highest BCUT2D eigenvalue weighted by molar-refractivity contribution is 6.07. The summed E-state index contributed by atoms with van der Waals surface area (Å²) >= 11 is 0. The monoisotopic (exact) mass is 531 g/mol. The van der Waals surface area contributed by atoms with Gasteiger partial charge < -0.3 is 15.5 Å². The van der Waals surface area contributed by atoms with Gasteiger partial charge in [0, 0.05) is 37.9 Å². The summed E-state index contributed by atoms with van der Waals surface area (Å²) in [5.41, 5.74) is 4.41. The predicted molar refractivity (Wildman–Crippen MR) is 150 cm³/mol. The van der Waals surface area contributed by atoms with Crippen molar-refractivity contribution in [3.05, 3.63) is 41.2 Å². The van der Waals surface area contributed by atoms with Crippen molar-refractivity contribution in [2.75, 3.05) is 32.7 Å². The van der Waals surface area contributed by atoms with Crippen LogP contribution in [0.4, 0.5) is 0 Å². The molecule has 2 aromatic heterocycles. The molecule has 2 unspecified atom stereocenters. The van der Waals surface area contributed by atoms with Gasteiger partial charge in [-0.1, -0.05) is 11.6 Å². The third-order valence-corrected chi connectivity index (χ3v) is 7.83. The van der Waals surface area contributed by atoms with Gasteiger partial charge in [0.1, 0.15) is 0 Å². The Labute approximate surface area is 228 Å². The van der Waals surface area contributed by atoms with E-state index < -0.39 is 5.92 Å². The molecule has 0 radical (unpaired) electrons. The Morgan fingerprint density at radius 1 is 1.26 bits per heavy atom. The average molecular weight is 532 g/mol. The molecule has 5 rings (SSSR count). The van der Waals surface area contributed by atoms with E-state index in [0.29, 0.717) is 47.5 Å². The smallest absolute Gasteiger partial charge is 0.254 e. The van der Waals surface area contributed by atoms with Crippen LogP contribution in [0.5, 0.6) is 0 Å². The minimum Gasteiger partial charge on any atom is -0.351 e. The van der Waals surface area contributed by atoms with E-state index in [-0.39, 0.29) is 36.2 Å². The number of dihydropyridines is 1. The minimum absolute atomic E-state index is 0.0444. The molecule has 10 heteroatoms. The second-order valence-corrected chi connectivity index (χ2v) is 11.0. The van der Waals surface area contributed by atoms with Crippen LogP contribution in [0.2, 0.25) is 0 Å². The highest BCUT2D eigenvalue weighted by Crippen LogP contribution is 2.28. The summed E-state index contributed by atoms with van der Waals surface area (Å²) < 4.78 is 1.82. The van der Waals surface area contributed by atoms with E-state index >= 15 is 0 Å². The van der Waals surface area contributed by atoms with Gasteiger partial charge in [0.15, 0.2) is 5.65 Å². The quantitative estimate of drug-likeness (QED) is 0.591. The molecule has 2 N–H and O–H groups in total. The number of nitrogens with zero attached hydrogens (tertiary/aromatic N) is 5. The van der Waals surface area contributed by atoms with Crippen molar-refractivity contribution >= 4 is 40.0 Å². The van der Waals surface area contributed by atoms with Gasteiger partial charge in [0.05, 0.1) is 34.7 Å². The molecule has 0 aliphatic carbocycles. The summed E-state index contributed by atoms with van der Waals surface area (Å²) in [4.78, 5) is 49.8. The van der Waals surface area contributed by atoms with Crippen LogP contribution in [0.3, 0.4) is 0 Å². The first kappa shape index (κ1) is 26.9. The number of pyridine rings is 1. The Kier molecular flexibility index (Phi) is 7.74. The number of hydrogen-bond donors (Lipinski definition) is 2. The maximum Gasteiger partial charge on any atom is 0.254 e. The van der Waals surface area contributed by atoms with Crippen LogP contribution in [-0.2, 0) is 9.59 Å². The molecule has 0 saturated carbocycles. The number of aliphatic imine (C=N–C) groups is 1. The van der Waals surface area contributed by atoms with Crippen LogP contribution in [0.25, 0.3) is 16.6 Å². The highest BCUT2D eigenvalue weighted by Gasteiger charge is 2.29. The molecular weight excluding hydrogens is 494 g/mol. The van der Waals surface area contributed by atoms with Crippen LogP contribution in [0.15, 0.2) is 35.0 Å². The van der Waals surface area contributed by atoms with Gasteiger partial charge in [0.2, 0.25) is 5.91 Å². The Hall–Kier alpha value is -3.66. The Balaban J connectivity index is 1.39. The van der Waals surface area contributed by atoms with E-state index in [4.69, 9.17) is 4.98 Å². The van der Waals surface area contributed by atoms with E-state index in [1.54, 1.807) is 13.1 Å². The van der Waals surface area contributed by atoms with Crippen molar-refractivity contribution in [2.24, 2.45) is 16.8 Å². The standard InChI is InChI=1S/C29H37N7O3/c1-17(2)36-26-24(16-32-36)22(27(37)31-15-23-18(3)12-19(4)33-28(23)38)13-25(34-26)20-7-10-35(11-8-20)29(39)21-6-5-9-30-14-21/h7,12-13,16-17,21,23,30H,5-6,8-11,14-15H2,1-4H3,(H,31,37). The Morgan fingerprint density at radius 3 is 2.74 bits per heavy atom. The summed E-state index contributed by atoms with van der Waals surface area (Å²) in [6.45, 7) is 10.8. The third kappa shape index (κ3) is 5.56. The fourth-order valence-electron chi connectivity index (χ4n) is 5.62. The zero-order valence-electron chi connectivity index (χ0n) is 23.2. The van der Waals surface area contributed by atoms with Gasteiger partial charge in [-0.05, 0) is 71.2 Å². The summed E-state index contributed by atoms with van der Waals surface area (Å²) in [6.07, 6.45) is 8.24. The van der Waals surface area contributed by atoms with Gasteiger partial charge in [-0.2, -0.15) is 5.10 Å². The second kappa shape index (κ2) is 11.2. The van der Waals surface area contributed by atoms with Gasteiger partial charge in [-0.3, -0.25) is 14.4 Å². The van der Waals surface area contributed by atoms with Gasteiger partial charge in [-0.25, -0.2) is 14.7 Å². The lowest BCUT2D eigenvalue weighted by Crippen LogP contribution is -2.44. The first-order valence-electron chi connectivity index (χ1n) is 13.9. The summed E-state index contributed by atoms with van der Waals surface area (Å²) in [5.74, 6) is -0.743. The number of carbonyl (C=O) groups is 3. The number of piperidine rings is 1. The first-order valence-corrected chi connectivity index (χ1v) is 13.9. The molecule has 0 spiro atoms. The topological polar surface area (TPSA) is 122 Å². The molecule has 1 saturated heterocycles. The highest BCUT2D eigenvalue weighted by atomic mass is 16.2. The van der Waals surface area contributed by atoms with Crippen molar-refractivity contribution in [1.82, 2.24) is 30.3 Å². The number of carbonyl (C=O) groups excluding carboxylic acids is 3. The van der Waals surface area contributed by atoms with E-state index in [1.807, 2.05) is 42.5 Å². The molecule has 3 aliphatic rings. The van der Waals surface area contributed by atoms with Crippen LogP contribution < -0.4 is 10.6 Å². The number of nitrogens with one attached hydrogen (secondary N) is 2. The van der Waals surface area contributed by atoms with E-state index in [9.17, 15) is 14.4 Å². The summed E-state index contributed by atoms with van der Waals surface area (Å²) in [6, 6.07) is 1.87. The average Bonchev–Trinajstić information content (AvgIpc) is 3.36. The lowest BCUT2D eigenvalue weighted by molar-refractivity contribution is -0.135. The molecule has 0 bridgehead atoms. The van der Waals surface area contributed by atoms with Crippen LogP contribution in [0, 0.1) is 11.8 Å². The maximum atomic E-state index is 13.5. The fraction of sp³-hybridized carbons (Fsp3) is 0.517. The number of allylic oxidation sites excluding steroid dienone is 1. The SMILES string of the molecule is CC1=CC(C)=NC(=O)C1CNC(=O)c1cc(C2=CCN(C(=O)C3CCCNC3)CC2)nc2c1cnn2C(C)C. The van der Waals surface area contributed by atoms with Crippen LogP contribution >= 0.6 is 0 Å². The van der Waals surface area contributed by atoms with E-state index in [1.165, 1.54) is 0 Å². The molecule has 10 nitrogen and oxygen atoms in total.